The zero-order valence-corrected chi connectivity index (χ0v) is 13.4. The third kappa shape index (κ3) is 3.01. The van der Waals surface area contributed by atoms with Crippen molar-refractivity contribution in [2.24, 2.45) is 22.5 Å². The maximum Gasteiger partial charge on any atom is 0.312 e. The molecule has 3 N–H and O–H groups in total. The molecule has 5 nitrogen and oxygen atoms in total. The van der Waals surface area contributed by atoms with Crippen molar-refractivity contribution in [1.82, 2.24) is 5.32 Å². The zero-order valence-electron chi connectivity index (χ0n) is 13.4. The molecule has 2 bridgehead atoms. The first-order valence-corrected chi connectivity index (χ1v) is 8.00. The van der Waals surface area contributed by atoms with E-state index in [1.165, 1.54) is 6.42 Å². The summed E-state index contributed by atoms with van der Waals surface area (Å²) in [6.07, 6.45) is 5.38. The molecule has 0 aromatic carbocycles. The van der Waals surface area contributed by atoms with Crippen molar-refractivity contribution in [3.8, 4) is 0 Å². The molecule has 0 radical (unpaired) electrons. The van der Waals surface area contributed by atoms with Gasteiger partial charge in [0.25, 0.3) is 0 Å². The van der Waals surface area contributed by atoms with Crippen LogP contribution in [0.4, 0.5) is 4.79 Å². The molecule has 0 aromatic heterocycles. The number of carbonyl (C=O) groups excluding carboxylic acids is 2. The van der Waals surface area contributed by atoms with Crippen LogP contribution >= 0.6 is 0 Å². The van der Waals surface area contributed by atoms with Crippen molar-refractivity contribution in [3.63, 3.8) is 0 Å². The second kappa shape index (κ2) is 5.85. The van der Waals surface area contributed by atoms with Gasteiger partial charge in [0.1, 0.15) is 6.10 Å². The summed E-state index contributed by atoms with van der Waals surface area (Å²) in [5.41, 5.74) is 5.37. The van der Waals surface area contributed by atoms with Gasteiger partial charge in [-0.15, -0.1) is 0 Å². The van der Waals surface area contributed by atoms with E-state index < -0.39 is 6.03 Å². The molecule has 5 heteroatoms. The minimum absolute atomic E-state index is 0.0718. The molecule has 3 atom stereocenters. The Labute approximate surface area is 127 Å². The van der Waals surface area contributed by atoms with Gasteiger partial charge < -0.3 is 15.8 Å². The van der Waals surface area contributed by atoms with E-state index in [1.54, 1.807) is 0 Å². The Hall–Kier alpha value is -1.26. The van der Waals surface area contributed by atoms with Gasteiger partial charge in [0.15, 0.2) is 0 Å². The van der Waals surface area contributed by atoms with E-state index in [4.69, 9.17) is 10.5 Å². The van der Waals surface area contributed by atoms with Crippen molar-refractivity contribution in [3.05, 3.63) is 0 Å². The maximum atomic E-state index is 12.0. The maximum absolute atomic E-state index is 12.0. The lowest BCUT2D eigenvalue weighted by Gasteiger charge is -2.38. The molecule has 2 fully saturated rings. The summed E-state index contributed by atoms with van der Waals surface area (Å²) in [6.45, 7) is 7.41. The number of fused-ring (bicyclic) bond motifs is 2. The lowest BCUT2D eigenvalue weighted by molar-refractivity contribution is -0.157. The molecule has 0 saturated heterocycles. The van der Waals surface area contributed by atoms with Crippen LogP contribution in [0.3, 0.4) is 0 Å². The number of unbranched alkanes of at least 4 members (excludes halogenated alkanes) is 1. The normalized spacial score (nSPS) is 32.9. The molecule has 0 aliphatic heterocycles. The van der Waals surface area contributed by atoms with Crippen LogP contribution in [-0.4, -0.2) is 24.6 Å². The number of nitrogens with one attached hydrogen (secondary N) is 1. The van der Waals surface area contributed by atoms with Crippen LogP contribution in [0.5, 0.6) is 0 Å². The fourth-order valence-electron chi connectivity index (χ4n) is 4.13. The monoisotopic (exact) mass is 296 g/mol. The molecule has 0 heterocycles. The summed E-state index contributed by atoms with van der Waals surface area (Å²) in [5.74, 6) is 0.573. The van der Waals surface area contributed by atoms with Gasteiger partial charge in [-0.1, -0.05) is 20.8 Å². The predicted octanol–water partition coefficient (Wildman–Crippen LogP) is 2.58. The number of ether oxygens (including phenoxy) is 1. The Balaban J connectivity index is 1.73. The van der Waals surface area contributed by atoms with Gasteiger partial charge in [-0.3, -0.25) is 4.79 Å². The highest BCUT2D eigenvalue weighted by Gasteiger charge is 2.62. The summed E-state index contributed by atoms with van der Waals surface area (Å²) in [5, 5.41) is 2.52. The molecular formula is C16H28N2O3. The van der Waals surface area contributed by atoms with Crippen molar-refractivity contribution in [2.75, 3.05) is 6.54 Å². The smallest absolute Gasteiger partial charge is 0.312 e. The Morgan fingerprint density at radius 2 is 2.00 bits per heavy atom. The van der Waals surface area contributed by atoms with Gasteiger partial charge in [-0.2, -0.15) is 0 Å². The Morgan fingerprint density at radius 1 is 1.29 bits per heavy atom. The van der Waals surface area contributed by atoms with Crippen LogP contribution in [0.1, 0.15) is 59.3 Å². The van der Waals surface area contributed by atoms with Gasteiger partial charge >= 0.3 is 12.0 Å². The lowest BCUT2D eigenvalue weighted by atomic mass is 9.70. The third-order valence-corrected chi connectivity index (χ3v) is 6.09. The molecule has 0 spiro atoms. The fraction of sp³-hybridized carbons (Fsp3) is 0.875. The Kier molecular flexibility index (Phi) is 4.49. The van der Waals surface area contributed by atoms with Crippen molar-refractivity contribution >= 4 is 12.0 Å². The number of carbonyl (C=O) groups is 2. The molecule has 21 heavy (non-hydrogen) atoms. The largest absolute Gasteiger partial charge is 0.462 e. The number of esters is 1. The standard InChI is InChI=1S/C16H28N2O3/c1-15(2)11-7-8-16(15,3)12(10-11)21-13(19)6-4-5-9-18-14(17)20/h11-12H,4-10H2,1-3H3,(H3,17,18,20)/t11-,12+,16-/m0/s1. The second-order valence-corrected chi connectivity index (χ2v) is 7.34. The number of amides is 2. The molecule has 2 saturated carbocycles. The third-order valence-electron chi connectivity index (χ3n) is 6.09. The number of rotatable bonds is 6. The molecule has 2 amide bonds. The quantitative estimate of drug-likeness (QED) is 0.584. The minimum atomic E-state index is -0.519. The zero-order chi connectivity index (χ0) is 15.7. The first kappa shape index (κ1) is 16.1. The van der Waals surface area contributed by atoms with E-state index >= 15 is 0 Å². The van der Waals surface area contributed by atoms with Crippen molar-refractivity contribution in [2.45, 2.75) is 65.4 Å². The highest BCUT2D eigenvalue weighted by Crippen LogP contribution is 2.66. The van der Waals surface area contributed by atoms with E-state index in [-0.39, 0.29) is 22.9 Å². The van der Waals surface area contributed by atoms with Crippen LogP contribution in [-0.2, 0) is 9.53 Å². The molecule has 2 aliphatic carbocycles. The van der Waals surface area contributed by atoms with Crippen LogP contribution in [0.15, 0.2) is 0 Å². The fourth-order valence-corrected chi connectivity index (χ4v) is 4.13. The highest BCUT2D eigenvalue weighted by atomic mass is 16.5. The summed E-state index contributed by atoms with van der Waals surface area (Å²) >= 11 is 0. The van der Waals surface area contributed by atoms with E-state index in [1.807, 2.05) is 0 Å². The van der Waals surface area contributed by atoms with E-state index in [2.05, 4.69) is 26.1 Å². The number of nitrogens with two attached hydrogens (primary N) is 1. The summed E-state index contributed by atoms with van der Waals surface area (Å²) < 4.78 is 5.76. The van der Waals surface area contributed by atoms with Gasteiger partial charge in [0.05, 0.1) is 0 Å². The molecule has 2 rings (SSSR count). The molecular weight excluding hydrogens is 268 g/mol. The predicted molar refractivity (Wildman–Crippen MR) is 80.5 cm³/mol. The van der Waals surface area contributed by atoms with Crippen molar-refractivity contribution < 1.29 is 14.3 Å². The number of hydrogen-bond acceptors (Lipinski definition) is 3. The second-order valence-electron chi connectivity index (χ2n) is 7.34. The average molecular weight is 296 g/mol. The summed E-state index contributed by atoms with van der Waals surface area (Å²) in [7, 11) is 0. The Bertz CT molecular complexity index is 422. The number of primary amides is 1. The Morgan fingerprint density at radius 3 is 2.52 bits per heavy atom. The number of urea groups is 1. The van der Waals surface area contributed by atoms with E-state index in [9.17, 15) is 9.59 Å². The number of hydrogen-bond donors (Lipinski definition) is 2. The minimum Gasteiger partial charge on any atom is -0.462 e. The van der Waals surface area contributed by atoms with Gasteiger partial charge in [-0.25, -0.2) is 4.79 Å². The van der Waals surface area contributed by atoms with Crippen LogP contribution in [0.25, 0.3) is 0 Å². The molecule has 0 aromatic rings. The van der Waals surface area contributed by atoms with Crippen LogP contribution < -0.4 is 11.1 Å². The van der Waals surface area contributed by atoms with Gasteiger partial charge in [0.2, 0.25) is 0 Å². The van der Waals surface area contributed by atoms with Crippen LogP contribution in [0.2, 0.25) is 0 Å². The van der Waals surface area contributed by atoms with Crippen LogP contribution in [0, 0.1) is 16.7 Å². The molecule has 120 valence electrons. The topological polar surface area (TPSA) is 81.4 Å². The SMILES string of the molecule is CC1(C)[C@H]2CC[C@@]1(C)[C@H](OC(=O)CCCCNC(N)=O)C2. The van der Waals surface area contributed by atoms with Gasteiger partial charge in [0, 0.05) is 18.4 Å². The summed E-state index contributed by atoms with van der Waals surface area (Å²) in [4.78, 5) is 22.5. The first-order chi connectivity index (χ1) is 9.77. The molecule has 0 unspecified atom stereocenters. The van der Waals surface area contributed by atoms with Crippen molar-refractivity contribution in [1.29, 1.82) is 0 Å². The summed E-state index contributed by atoms with van der Waals surface area (Å²) in [6, 6.07) is -0.519. The van der Waals surface area contributed by atoms with E-state index in [0.717, 1.165) is 25.7 Å². The lowest BCUT2D eigenvalue weighted by Crippen LogP contribution is -2.38. The van der Waals surface area contributed by atoms with Gasteiger partial charge in [-0.05, 0) is 43.4 Å². The average Bonchev–Trinajstić information content (AvgIpc) is 2.71. The first-order valence-electron chi connectivity index (χ1n) is 8.00. The molecule has 2 aliphatic rings. The van der Waals surface area contributed by atoms with E-state index in [0.29, 0.717) is 18.9 Å². The highest BCUT2D eigenvalue weighted by molar-refractivity contribution is 5.71.